The summed E-state index contributed by atoms with van der Waals surface area (Å²) in [5.41, 5.74) is 7.78. The minimum atomic E-state index is 0. The second kappa shape index (κ2) is 10.6. The van der Waals surface area contributed by atoms with Gasteiger partial charge in [-0.3, -0.25) is 0 Å². The predicted octanol–water partition coefficient (Wildman–Crippen LogP) is 4.53. The number of pyridine rings is 1. The lowest BCUT2D eigenvalue weighted by Crippen LogP contribution is -2.23. The lowest BCUT2D eigenvalue weighted by Gasteiger charge is -2.16. The Kier molecular flexibility index (Phi) is 9.17. The van der Waals surface area contributed by atoms with Crippen molar-refractivity contribution in [3.63, 3.8) is 0 Å². The fraction of sp³-hybridized carbons (Fsp3) is 0.368. The summed E-state index contributed by atoms with van der Waals surface area (Å²) in [5, 5.41) is 4.04. The van der Waals surface area contributed by atoms with Crippen LogP contribution < -0.4 is 20.5 Å². The molecular weight excluding hydrogens is 475 g/mol. The van der Waals surface area contributed by atoms with Gasteiger partial charge in [-0.1, -0.05) is 20.8 Å². The van der Waals surface area contributed by atoms with Crippen molar-refractivity contribution in [2.45, 2.75) is 37.1 Å². The fourth-order valence-electron chi connectivity index (χ4n) is 2.18. The Morgan fingerprint density at radius 2 is 1.93 bits per heavy atom. The summed E-state index contributed by atoms with van der Waals surface area (Å²) >= 11 is 1.72. The number of nitrogens with two attached hydrogens (primary N) is 1. The Bertz CT molecular complexity index is 779. The van der Waals surface area contributed by atoms with E-state index in [1.165, 1.54) is 0 Å². The molecule has 0 radical (unpaired) electrons. The van der Waals surface area contributed by atoms with Gasteiger partial charge in [-0.2, -0.15) is 0 Å². The van der Waals surface area contributed by atoms with Crippen molar-refractivity contribution < 1.29 is 9.47 Å². The third kappa shape index (κ3) is 7.84. The molecule has 1 aromatic heterocycles. The van der Waals surface area contributed by atoms with Crippen LogP contribution in [0.5, 0.6) is 11.5 Å². The molecule has 0 aliphatic heterocycles. The molecule has 6 nitrogen and oxygen atoms in total. The summed E-state index contributed by atoms with van der Waals surface area (Å²) in [5.74, 6) is 1.68. The average molecular weight is 502 g/mol. The van der Waals surface area contributed by atoms with Crippen LogP contribution in [0.4, 0.5) is 5.69 Å². The Labute approximate surface area is 182 Å². The molecule has 0 amide bonds. The minimum absolute atomic E-state index is 0. The molecule has 0 saturated heterocycles. The predicted molar refractivity (Wildman–Crippen MR) is 124 cm³/mol. The molecule has 0 spiro atoms. The molecule has 0 unspecified atom stereocenters. The average Bonchev–Trinajstić information content (AvgIpc) is 2.58. The standard InChI is InChI=1S/C19H26N4O2S.HI/c1-19(2,3)26-17-10-13(8-9-21-17)12-22-18(20)23-15-11-14(24-4)6-7-16(15)25-5;/h6-11H,12H2,1-5H3,(H3,20,22,23);1H. The van der Waals surface area contributed by atoms with E-state index in [4.69, 9.17) is 15.2 Å². The van der Waals surface area contributed by atoms with E-state index < -0.39 is 0 Å². The van der Waals surface area contributed by atoms with Gasteiger partial charge in [0, 0.05) is 17.0 Å². The molecule has 8 heteroatoms. The van der Waals surface area contributed by atoms with Gasteiger partial charge in [0.05, 0.1) is 31.5 Å². The largest absolute Gasteiger partial charge is 0.497 e. The lowest BCUT2D eigenvalue weighted by atomic mass is 10.2. The number of guanidine groups is 1. The van der Waals surface area contributed by atoms with Gasteiger partial charge >= 0.3 is 0 Å². The Morgan fingerprint density at radius 1 is 1.19 bits per heavy atom. The first-order valence-corrected chi connectivity index (χ1v) is 9.05. The van der Waals surface area contributed by atoms with Crippen LogP contribution in [0.25, 0.3) is 0 Å². The van der Waals surface area contributed by atoms with Crippen molar-refractivity contribution in [3.8, 4) is 11.5 Å². The van der Waals surface area contributed by atoms with Crippen molar-refractivity contribution in [1.29, 1.82) is 0 Å². The molecule has 0 bridgehead atoms. The summed E-state index contributed by atoms with van der Waals surface area (Å²) in [6.45, 7) is 6.94. The van der Waals surface area contributed by atoms with E-state index in [0.29, 0.717) is 29.7 Å². The third-order valence-corrected chi connectivity index (χ3v) is 4.36. The van der Waals surface area contributed by atoms with E-state index in [-0.39, 0.29) is 28.7 Å². The zero-order valence-electron chi connectivity index (χ0n) is 16.3. The lowest BCUT2D eigenvalue weighted by molar-refractivity contribution is 0.405. The van der Waals surface area contributed by atoms with E-state index >= 15 is 0 Å². The van der Waals surface area contributed by atoms with Gasteiger partial charge < -0.3 is 20.5 Å². The molecule has 0 aliphatic carbocycles. The van der Waals surface area contributed by atoms with Crippen LogP contribution in [-0.4, -0.2) is 29.9 Å². The number of rotatable bonds is 6. The molecule has 148 valence electrons. The molecule has 2 aromatic rings. The van der Waals surface area contributed by atoms with E-state index in [9.17, 15) is 0 Å². The smallest absolute Gasteiger partial charge is 0.193 e. The van der Waals surface area contributed by atoms with E-state index in [1.54, 1.807) is 32.2 Å². The topological polar surface area (TPSA) is 81.8 Å². The first-order valence-electron chi connectivity index (χ1n) is 8.23. The summed E-state index contributed by atoms with van der Waals surface area (Å²) in [7, 11) is 3.21. The number of nitrogens with zero attached hydrogens (tertiary/aromatic N) is 2. The first kappa shape index (κ1) is 23.4. The van der Waals surface area contributed by atoms with Crippen LogP contribution in [0, 0.1) is 0 Å². The third-order valence-electron chi connectivity index (χ3n) is 3.31. The molecule has 0 atom stereocenters. The first-order chi connectivity index (χ1) is 12.3. The molecular formula is C19H27IN4O2S. The molecule has 27 heavy (non-hydrogen) atoms. The number of hydrogen-bond acceptors (Lipinski definition) is 5. The van der Waals surface area contributed by atoms with Gasteiger partial charge in [0.2, 0.25) is 0 Å². The highest BCUT2D eigenvalue weighted by atomic mass is 127. The van der Waals surface area contributed by atoms with Crippen molar-refractivity contribution in [3.05, 3.63) is 42.1 Å². The molecule has 0 fully saturated rings. The number of halogens is 1. The van der Waals surface area contributed by atoms with Gasteiger partial charge in [-0.15, -0.1) is 35.7 Å². The van der Waals surface area contributed by atoms with Crippen molar-refractivity contribution >= 4 is 47.4 Å². The number of aliphatic imine (C=N–C) groups is 1. The van der Waals surface area contributed by atoms with Crippen LogP contribution in [0.1, 0.15) is 26.3 Å². The van der Waals surface area contributed by atoms with E-state index in [0.717, 1.165) is 10.6 Å². The number of methoxy groups -OCH3 is 2. The van der Waals surface area contributed by atoms with Crippen LogP contribution in [-0.2, 0) is 6.54 Å². The van der Waals surface area contributed by atoms with E-state index in [1.807, 2.05) is 30.3 Å². The van der Waals surface area contributed by atoms with Crippen LogP contribution >= 0.6 is 35.7 Å². The zero-order valence-corrected chi connectivity index (χ0v) is 19.4. The summed E-state index contributed by atoms with van der Waals surface area (Å²) in [4.78, 5) is 8.81. The number of anilines is 1. The fourth-order valence-corrected chi connectivity index (χ4v) is 3.14. The molecule has 2 rings (SSSR count). The summed E-state index contributed by atoms with van der Waals surface area (Å²) in [6, 6.07) is 9.43. The van der Waals surface area contributed by atoms with Crippen molar-refractivity contribution in [2.24, 2.45) is 10.7 Å². The molecule has 0 saturated carbocycles. The Morgan fingerprint density at radius 3 is 2.56 bits per heavy atom. The van der Waals surface area contributed by atoms with Crippen LogP contribution in [0.3, 0.4) is 0 Å². The normalized spacial score (nSPS) is 11.5. The number of nitrogens with one attached hydrogen (secondary N) is 1. The zero-order chi connectivity index (χ0) is 19.2. The van der Waals surface area contributed by atoms with Crippen LogP contribution in [0.2, 0.25) is 0 Å². The van der Waals surface area contributed by atoms with Gasteiger partial charge in [-0.25, -0.2) is 9.98 Å². The monoisotopic (exact) mass is 502 g/mol. The Balaban J connectivity index is 0.00000364. The van der Waals surface area contributed by atoms with Crippen LogP contribution in [0.15, 0.2) is 46.5 Å². The quantitative estimate of drug-likeness (QED) is 0.262. The second-order valence-corrected chi connectivity index (χ2v) is 8.46. The highest BCUT2D eigenvalue weighted by Gasteiger charge is 2.13. The maximum Gasteiger partial charge on any atom is 0.193 e. The number of ether oxygens (including phenoxy) is 2. The maximum atomic E-state index is 6.03. The van der Waals surface area contributed by atoms with Gasteiger partial charge in [0.25, 0.3) is 0 Å². The molecule has 0 aliphatic rings. The SMILES string of the molecule is COc1ccc(OC)c(NC(N)=NCc2ccnc(SC(C)(C)C)c2)c1.I. The maximum absolute atomic E-state index is 6.03. The van der Waals surface area contributed by atoms with Gasteiger partial charge in [-0.05, 0) is 29.8 Å². The number of benzene rings is 1. The summed E-state index contributed by atoms with van der Waals surface area (Å²) < 4.78 is 10.7. The minimum Gasteiger partial charge on any atom is -0.497 e. The number of aromatic nitrogens is 1. The Hall–Kier alpha value is -1.68. The van der Waals surface area contributed by atoms with E-state index in [2.05, 4.69) is 36.1 Å². The number of hydrogen-bond donors (Lipinski definition) is 2. The van der Waals surface area contributed by atoms with Gasteiger partial charge in [0.15, 0.2) is 5.96 Å². The molecule has 1 heterocycles. The molecule has 3 N–H and O–H groups in total. The van der Waals surface area contributed by atoms with Crippen molar-refractivity contribution in [1.82, 2.24) is 4.98 Å². The number of thioether (sulfide) groups is 1. The van der Waals surface area contributed by atoms with Gasteiger partial charge in [0.1, 0.15) is 11.5 Å². The van der Waals surface area contributed by atoms with Crippen molar-refractivity contribution in [2.75, 3.05) is 19.5 Å². The molecule has 1 aromatic carbocycles. The second-order valence-electron chi connectivity index (χ2n) is 6.61. The highest BCUT2D eigenvalue weighted by molar-refractivity contribution is 14.0. The highest BCUT2D eigenvalue weighted by Crippen LogP contribution is 2.31. The summed E-state index contributed by atoms with van der Waals surface area (Å²) in [6.07, 6.45) is 1.80.